The monoisotopic (exact) mass is 344 g/mol. The van der Waals surface area contributed by atoms with Gasteiger partial charge in [0.2, 0.25) is 10.0 Å². The number of benzene rings is 1. The van der Waals surface area contributed by atoms with E-state index in [4.69, 9.17) is 0 Å². The normalized spacial score (nSPS) is 11.6. The van der Waals surface area contributed by atoms with Crippen molar-refractivity contribution in [3.63, 3.8) is 0 Å². The minimum atomic E-state index is -3.45. The quantitative estimate of drug-likeness (QED) is 0.724. The summed E-state index contributed by atoms with van der Waals surface area (Å²) >= 11 is 0. The molecule has 0 aliphatic rings. The highest BCUT2D eigenvalue weighted by Crippen LogP contribution is 2.23. The third-order valence-corrected chi connectivity index (χ3v) is 5.16. The van der Waals surface area contributed by atoms with Crippen molar-refractivity contribution in [2.75, 3.05) is 10.1 Å². The van der Waals surface area contributed by atoms with Crippen LogP contribution in [0.25, 0.3) is 6.08 Å². The average molecular weight is 344 g/mol. The molecule has 0 saturated heterocycles. The first-order chi connectivity index (χ1) is 11.4. The number of hydrogen-bond acceptors (Lipinski definition) is 4. The van der Waals surface area contributed by atoms with E-state index in [2.05, 4.69) is 4.98 Å². The van der Waals surface area contributed by atoms with Gasteiger partial charge in [0, 0.05) is 12.4 Å². The van der Waals surface area contributed by atoms with Gasteiger partial charge in [0.15, 0.2) is 5.78 Å². The summed E-state index contributed by atoms with van der Waals surface area (Å²) in [6, 6.07) is 10.7. The number of allylic oxidation sites excluding steroid dienone is 1. The van der Waals surface area contributed by atoms with Gasteiger partial charge in [0.1, 0.15) is 0 Å². The molecule has 0 unspecified atom stereocenters. The molecule has 0 N–H and O–H groups in total. The number of nitrogens with zero attached hydrogens (tertiary/aromatic N) is 2. The lowest BCUT2D eigenvalue weighted by molar-refractivity contribution is -0.112. The van der Waals surface area contributed by atoms with E-state index < -0.39 is 10.0 Å². The fraction of sp³-hybridized carbons (Fsp3) is 0.222. The van der Waals surface area contributed by atoms with Gasteiger partial charge in [0.05, 0.1) is 18.0 Å². The minimum absolute atomic E-state index is 0.000769. The van der Waals surface area contributed by atoms with Crippen LogP contribution in [-0.2, 0) is 21.4 Å². The fourth-order valence-electron chi connectivity index (χ4n) is 2.16. The van der Waals surface area contributed by atoms with Crippen LogP contribution in [0.2, 0.25) is 0 Å². The van der Waals surface area contributed by atoms with E-state index in [1.54, 1.807) is 49.7 Å². The lowest BCUT2D eigenvalue weighted by Gasteiger charge is -2.24. The second-order valence-corrected chi connectivity index (χ2v) is 7.49. The number of sulfonamides is 1. The number of carbonyl (C=O) groups excluding carboxylic acids is 1. The lowest BCUT2D eigenvalue weighted by atomic mass is 10.1. The predicted molar refractivity (Wildman–Crippen MR) is 96.0 cm³/mol. The van der Waals surface area contributed by atoms with Gasteiger partial charge in [0.25, 0.3) is 0 Å². The summed E-state index contributed by atoms with van der Waals surface area (Å²) in [5.41, 5.74) is 2.14. The van der Waals surface area contributed by atoms with Crippen LogP contribution < -0.4 is 4.31 Å². The van der Waals surface area contributed by atoms with Crippen LogP contribution in [0.15, 0.2) is 54.9 Å². The van der Waals surface area contributed by atoms with Crippen molar-refractivity contribution in [3.8, 4) is 0 Å². The molecule has 6 heteroatoms. The van der Waals surface area contributed by atoms with Crippen molar-refractivity contribution < 1.29 is 13.2 Å². The molecule has 0 fully saturated rings. The molecular weight excluding hydrogens is 324 g/mol. The van der Waals surface area contributed by atoms with Gasteiger partial charge in [-0.05, 0) is 49.2 Å². The number of pyridine rings is 1. The molecule has 0 atom stereocenters. The van der Waals surface area contributed by atoms with E-state index in [9.17, 15) is 13.2 Å². The van der Waals surface area contributed by atoms with Gasteiger partial charge >= 0.3 is 0 Å². The van der Waals surface area contributed by atoms with Crippen LogP contribution in [0.1, 0.15) is 25.0 Å². The van der Waals surface area contributed by atoms with Crippen LogP contribution in [0.4, 0.5) is 5.69 Å². The van der Waals surface area contributed by atoms with Crippen LogP contribution >= 0.6 is 0 Å². The molecule has 5 nitrogen and oxygen atoms in total. The highest BCUT2D eigenvalue weighted by atomic mass is 32.2. The first kappa shape index (κ1) is 17.9. The average Bonchev–Trinajstić information content (AvgIpc) is 2.59. The molecule has 126 valence electrons. The number of aromatic nitrogens is 1. The maximum Gasteiger partial charge on any atom is 0.235 e. The standard InChI is InChI=1S/C18H20N2O3S/c1-3-24(22,23)20(14-17-7-5-11-19-13-17)18-8-4-6-16(12-18)10-9-15(2)21/h4-13H,3,14H2,1-2H3. The molecule has 0 aliphatic carbocycles. The summed E-state index contributed by atoms with van der Waals surface area (Å²) < 4.78 is 26.4. The Bertz CT molecular complexity index is 830. The molecule has 2 rings (SSSR count). The Balaban J connectivity index is 2.40. The third kappa shape index (κ3) is 4.76. The van der Waals surface area contributed by atoms with Gasteiger partial charge in [-0.15, -0.1) is 0 Å². The Kier molecular flexibility index (Phi) is 5.87. The van der Waals surface area contributed by atoms with Crippen LogP contribution in [0, 0.1) is 0 Å². The largest absolute Gasteiger partial charge is 0.295 e. The van der Waals surface area contributed by atoms with Crippen molar-refractivity contribution in [1.82, 2.24) is 4.98 Å². The van der Waals surface area contributed by atoms with Crippen molar-refractivity contribution in [3.05, 3.63) is 66.0 Å². The number of ketones is 1. The Hall–Kier alpha value is -2.47. The van der Waals surface area contributed by atoms with E-state index in [0.29, 0.717) is 5.69 Å². The first-order valence-corrected chi connectivity index (χ1v) is 9.21. The summed E-state index contributed by atoms with van der Waals surface area (Å²) in [5, 5.41) is 0. The van der Waals surface area contributed by atoms with E-state index >= 15 is 0 Å². The Morgan fingerprint density at radius 1 is 1.25 bits per heavy atom. The molecule has 2 aromatic rings. The number of anilines is 1. The molecule has 0 spiro atoms. The molecule has 0 amide bonds. The van der Waals surface area contributed by atoms with Crippen molar-refractivity contribution in [1.29, 1.82) is 0 Å². The second-order valence-electron chi connectivity index (χ2n) is 5.31. The topological polar surface area (TPSA) is 67.3 Å². The molecule has 0 radical (unpaired) electrons. The highest BCUT2D eigenvalue weighted by molar-refractivity contribution is 7.92. The van der Waals surface area contributed by atoms with Gasteiger partial charge < -0.3 is 0 Å². The zero-order chi connectivity index (χ0) is 17.6. The smallest absolute Gasteiger partial charge is 0.235 e. The predicted octanol–water partition coefficient (Wildman–Crippen LogP) is 3.04. The Morgan fingerprint density at radius 3 is 2.67 bits per heavy atom. The molecule has 1 heterocycles. The Labute approximate surface area is 142 Å². The highest BCUT2D eigenvalue weighted by Gasteiger charge is 2.21. The first-order valence-electron chi connectivity index (χ1n) is 7.60. The SMILES string of the molecule is CCS(=O)(=O)N(Cc1cccnc1)c1cccc(C=CC(C)=O)c1. The fourth-order valence-corrected chi connectivity index (χ4v) is 3.25. The molecule has 1 aromatic heterocycles. The second kappa shape index (κ2) is 7.88. The van der Waals surface area contributed by atoms with Crippen LogP contribution in [-0.4, -0.2) is 24.9 Å². The zero-order valence-corrected chi connectivity index (χ0v) is 14.5. The summed E-state index contributed by atoms with van der Waals surface area (Å²) in [4.78, 5) is 15.1. The van der Waals surface area contributed by atoms with E-state index in [1.165, 1.54) is 17.3 Å². The van der Waals surface area contributed by atoms with E-state index in [1.807, 2.05) is 12.1 Å². The maximum absolute atomic E-state index is 12.5. The summed E-state index contributed by atoms with van der Waals surface area (Å²) in [5.74, 6) is -0.0605. The van der Waals surface area contributed by atoms with Gasteiger partial charge in [-0.1, -0.05) is 24.3 Å². The molecule has 0 saturated carbocycles. The van der Waals surface area contributed by atoms with Crippen molar-refractivity contribution >= 4 is 27.6 Å². The number of rotatable bonds is 7. The third-order valence-electron chi connectivity index (χ3n) is 3.42. The molecule has 24 heavy (non-hydrogen) atoms. The molecule has 1 aromatic carbocycles. The Morgan fingerprint density at radius 2 is 2.04 bits per heavy atom. The van der Waals surface area contributed by atoms with Crippen LogP contribution in [0.5, 0.6) is 0 Å². The van der Waals surface area contributed by atoms with E-state index in [0.717, 1.165) is 11.1 Å². The summed E-state index contributed by atoms with van der Waals surface area (Å²) in [6.07, 6.45) is 6.43. The summed E-state index contributed by atoms with van der Waals surface area (Å²) in [6.45, 7) is 3.30. The van der Waals surface area contributed by atoms with Gasteiger partial charge in [-0.3, -0.25) is 14.1 Å². The van der Waals surface area contributed by atoms with Gasteiger partial charge in [-0.2, -0.15) is 0 Å². The van der Waals surface area contributed by atoms with Crippen molar-refractivity contribution in [2.45, 2.75) is 20.4 Å². The number of carbonyl (C=O) groups is 1. The molecule has 0 bridgehead atoms. The molecular formula is C18H20N2O3S. The summed E-state index contributed by atoms with van der Waals surface area (Å²) in [7, 11) is -3.45. The minimum Gasteiger partial charge on any atom is -0.295 e. The van der Waals surface area contributed by atoms with Crippen molar-refractivity contribution in [2.24, 2.45) is 0 Å². The number of hydrogen-bond donors (Lipinski definition) is 0. The zero-order valence-electron chi connectivity index (χ0n) is 13.7. The van der Waals surface area contributed by atoms with Crippen LogP contribution in [0.3, 0.4) is 0 Å². The van der Waals surface area contributed by atoms with E-state index in [-0.39, 0.29) is 18.1 Å². The molecule has 0 aliphatic heterocycles. The van der Waals surface area contributed by atoms with Gasteiger partial charge in [-0.25, -0.2) is 8.42 Å². The lowest BCUT2D eigenvalue weighted by Crippen LogP contribution is -2.31. The maximum atomic E-state index is 12.5.